The third-order valence-corrected chi connectivity index (χ3v) is 5.35. The predicted octanol–water partition coefficient (Wildman–Crippen LogP) is 2.56. The largest absolute Gasteiger partial charge is 0.490 e. The number of benzene rings is 1. The summed E-state index contributed by atoms with van der Waals surface area (Å²) >= 11 is 0. The van der Waals surface area contributed by atoms with Gasteiger partial charge in [-0.1, -0.05) is 6.07 Å². The van der Waals surface area contributed by atoms with Crippen LogP contribution < -0.4 is 14.8 Å². The van der Waals surface area contributed by atoms with Gasteiger partial charge in [0.15, 0.2) is 11.5 Å². The van der Waals surface area contributed by atoms with Gasteiger partial charge in [0.2, 0.25) is 5.91 Å². The highest BCUT2D eigenvalue weighted by Gasteiger charge is 2.20. The summed E-state index contributed by atoms with van der Waals surface area (Å²) in [5, 5.41) is 3.04. The number of hydrogen-bond donors (Lipinski definition) is 1. The van der Waals surface area contributed by atoms with Crippen molar-refractivity contribution in [1.82, 2.24) is 15.1 Å². The molecule has 0 radical (unpaired) electrons. The molecule has 1 heterocycles. The van der Waals surface area contributed by atoms with Gasteiger partial charge in [0, 0.05) is 25.6 Å². The minimum absolute atomic E-state index is 0.121. The average molecular weight is 392 g/mol. The van der Waals surface area contributed by atoms with Crippen LogP contribution in [0.2, 0.25) is 0 Å². The second-order valence-corrected chi connectivity index (χ2v) is 7.51. The maximum absolute atomic E-state index is 12.2. The van der Waals surface area contributed by atoms with Gasteiger partial charge in [-0.2, -0.15) is 0 Å². The Morgan fingerprint density at radius 3 is 2.54 bits per heavy atom. The van der Waals surface area contributed by atoms with E-state index in [9.17, 15) is 4.79 Å². The summed E-state index contributed by atoms with van der Waals surface area (Å²) in [6.45, 7) is 8.88. The van der Waals surface area contributed by atoms with Crippen molar-refractivity contribution in [1.29, 1.82) is 0 Å². The summed E-state index contributed by atoms with van der Waals surface area (Å²) in [7, 11) is 4.31. The molecule has 1 amide bonds. The van der Waals surface area contributed by atoms with Crippen LogP contribution in [0.4, 0.5) is 0 Å². The Morgan fingerprint density at radius 1 is 1.18 bits per heavy atom. The predicted molar refractivity (Wildman–Crippen MR) is 113 cm³/mol. The van der Waals surface area contributed by atoms with Crippen LogP contribution in [0.25, 0.3) is 0 Å². The summed E-state index contributed by atoms with van der Waals surface area (Å²) in [5.41, 5.74) is 1.13. The molecule has 6 nitrogen and oxygen atoms in total. The summed E-state index contributed by atoms with van der Waals surface area (Å²) in [6.07, 6.45) is 3.71. The van der Waals surface area contributed by atoms with Crippen molar-refractivity contribution >= 4 is 5.91 Å². The zero-order valence-corrected chi connectivity index (χ0v) is 18.0. The number of likely N-dealkylation sites (tertiary alicyclic amines) is 1. The van der Waals surface area contributed by atoms with Crippen molar-refractivity contribution in [3.63, 3.8) is 0 Å². The first-order valence-electron chi connectivity index (χ1n) is 10.6. The molecule has 0 unspecified atom stereocenters. The van der Waals surface area contributed by atoms with Crippen molar-refractivity contribution in [2.24, 2.45) is 0 Å². The van der Waals surface area contributed by atoms with Crippen LogP contribution in [-0.2, 0) is 11.2 Å². The molecule has 0 bridgehead atoms. The Morgan fingerprint density at radius 2 is 1.86 bits per heavy atom. The molecule has 1 fully saturated rings. The van der Waals surface area contributed by atoms with Gasteiger partial charge in [0.05, 0.1) is 13.2 Å². The monoisotopic (exact) mass is 391 g/mol. The Bertz CT molecular complexity index is 601. The molecule has 0 atom stereocenters. The summed E-state index contributed by atoms with van der Waals surface area (Å²) in [6, 6.07) is 6.59. The Hall–Kier alpha value is -1.79. The van der Waals surface area contributed by atoms with E-state index < -0.39 is 0 Å². The van der Waals surface area contributed by atoms with Gasteiger partial charge in [-0.3, -0.25) is 4.79 Å². The normalized spacial score (nSPS) is 15.6. The van der Waals surface area contributed by atoms with Crippen molar-refractivity contribution in [2.75, 3.05) is 53.5 Å². The quantitative estimate of drug-likeness (QED) is 0.628. The molecule has 0 spiro atoms. The number of piperidine rings is 1. The molecule has 1 aromatic rings. The molecule has 158 valence electrons. The molecule has 1 aliphatic heterocycles. The van der Waals surface area contributed by atoms with Gasteiger partial charge in [0.1, 0.15) is 0 Å². The van der Waals surface area contributed by atoms with Gasteiger partial charge in [-0.05, 0) is 78.0 Å². The topological polar surface area (TPSA) is 54.0 Å². The van der Waals surface area contributed by atoms with Gasteiger partial charge >= 0.3 is 0 Å². The fraction of sp³-hybridized carbons (Fsp3) is 0.682. The molecule has 1 aliphatic rings. The molecule has 2 rings (SSSR count). The van der Waals surface area contributed by atoms with Crippen LogP contribution in [0.5, 0.6) is 11.5 Å². The maximum Gasteiger partial charge on any atom is 0.221 e. The molecule has 6 heteroatoms. The lowest BCUT2D eigenvalue weighted by Crippen LogP contribution is -2.43. The maximum atomic E-state index is 12.2. The van der Waals surface area contributed by atoms with Crippen molar-refractivity contribution in [3.05, 3.63) is 23.8 Å². The molecule has 1 saturated heterocycles. The molecule has 0 aromatic heterocycles. The van der Waals surface area contributed by atoms with E-state index in [1.165, 1.54) is 12.8 Å². The van der Waals surface area contributed by atoms with E-state index in [-0.39, 0.29) is 5.91 Å². The third-order valence-electron chi connectivity index (χ3n) is 5.35. The highest BCUT2D eigenvalue weighted by atomic mass is 16.5. The zero-order chi connectivity index (χ0) is 20.4. The number of carbonyl (C=O) groups is 1. The minimum atomic E-state index is 0.121. The van der Waals surface area contributed by atoms with Crippen LogP contribution >= 0.6 is 0 Å². The molecule has 0 aliphatic carbocycles. The molecular weight excluding hydrogens is 354 g/mol. The fourth-order valence-corrected chi connectivity index (χ4v) is 3.58. The third kappa shape index (κ3) is 7.32. The Labute approximate surface area is 170 Å². The first kappa shape index (κ1) is 22.5. The van der Waals surface area contributed by atoms with E-state index in [2.05, 4.69) is 29.2 Å². The van der Waals surface area contributed by atoms with Crippen LogP contribution in [0.15, 0.2) is 18.2 Å². The zero-order valence-electron chi connectivity index (χ0n) is 18.0. The number of nitrogens with zero attached hydrogens (tertiary/aromatic N) is 2. The molecule has 1 aromatic carbocycles. The Balaban J connectivity index is 1.70. The number of hydrogen-bond acceptors (Lipinski definition) is 5. The number of carbonyl (C=O) groups excluding carboxylic acids is 1. The SMILES string of the molecule is CCOc1ccc(CCNC(=O)CCN(C)C2CCN(C)CC2)cc1OCC. The van der Waals surface area contributed by atoms with E-state index >= 15 is 0 Å². The summed E-state index contributed by atoms with van der Waals surface area (Å²) in [4.78, 5) is 16.9. The number of ether oxygens (including phenoxy) is 2. The average Bonchev–Trinajstić information content (AvgIpc) is 2.69. The first-order valence-corrected chi connectivity index (χ1v) is 10.6. The van der Waals surface area contributed by atoms with E-state index in [1.807, 2.05) is 32.0 Å². The molecule has 1 N–H and O–H groups in total. The lowest BCUT2D eigenvalue weighted by Gasteiger charge is -2.35. The number of rotatable bonds is 11. The standard InChI is InChI=1S/C22H37N3O3/c1-5-27-20-8-7-18(17-21(20)28-6-2)9-13-23-22(26)12-16-25(4)19-10-14-24(3)15-11-19/h7-8,17,19H,5-6,9-16H2,1-4H3,(H,23,26). The van der Waals surface area contributed by atoms with E-state index in [1.54, 1.807) is 0 Å². The van der Waals surface area contributed by atoms with Crippen molar-refractivity contribution in [2.45, 2.75) is 45.6 Å². The smallest absolute Gasteiger partial charge is 0.221 e. The lowest BCUT2D eigenvalue weighted by molar-refractivity contribution is -0.121. The second kappa shape index (κ2) is 11.9. The van der Waals surface area contributed by atoms with Crippen molar-refractivity contribution in [3.8, 4) is 11.5 Å². The highest BCUT2D eigenvalue weighted by Crippen LogP contribution is 2.28. The summed E-state index contributed by atoms with van der Waals surface area (Å²) in [5.74, 6) is 1.66. The Kier molecular flexibility index (Phi) is 9.58. The molecular formula is C22H37N3O3. The van der Waals surface area contributed by atoms with Gasteiger partial charge < -0.3 is 24.6 Å². The van der Waals surface area contributed by atoms with Gasteiger partial charge in [-0.25, -0.2) is 0 Å². The van der Waals surface area contributed by atoms with Gasteiger partial charge in [0.25, 0.3) is 0 Å². The van der Waals surface area contributed by atoms with Crippen LogP contribution in [-0.4, -0.2) is 75.2 Å². The number of nitrogens with one attached hydrogen (secondary N) is 1. The highest BCUT2D eigenvalue weighted by molar-refractivity contribution is 5.76. The van der Waals surface area contributed by atoms with E-state index in [0.717, 1.165) is 43.1 Å². The first-order chi connectivity index (χ1) is 13.5. The molecule has 28 heavy (non-hydrogen) atoms. The lowest BCUT2D eigenvalue weighted by atomic mass is 10.0. The van der Waals surface area contributed by atoms with Crippen LogP contribution in [0, 0.1) is 0 Å². The second-order valence-electron chi connectivity index (χ2n) is 7.51. The van der Waals surface area contributed by atoms with Crippen LogP contribution in [0.3, 0.4) is 0 Å². The van der Waals surface area contributed by atoms with Gasteiger partial charge in [-0.15, -0.1) is 0 Å². The van der Waals surface area contributed by atoms with Crippen molar-refractivity contribution < 1.29 is 14.3 Å². The molecule has 0 saturated carbocycles. The van der Waals surface area contributed by atoms with E-state index in [0.29, 0.717) is 32.2 Å². The summed E-state index contributed by atoms with van der Waals surface area (Å²) < 4.78 is 11.3. The fourth-order valence-electron chi connectivity index (χ4n) is 3.58. The van der Waals surface area contributed by atoms with Crippen LogP contribution in [0.1, 0.15) is 38.7 Å². The minimum Gasteiger partial charge on any atom is -0.490 e. The van der Waals surface area contributed by atoms with E-state index in [4.69, 9.17) is 9.47 Å². The number of amides is 1.